The molecule has 4 rings (SSSR count). The lowest BCUT2D eigenvalue weighted by atomic mass is 9.95. The number of H-pyrrole nitrogens is 1. The van der Waals surface area contributed by atoms with Gasteiger partial charge in [-0.25, -0.2) is 0 Å². The first kappa shape index (κ1) is 20.5. The van der Waals surface area contributed by atoms with Gasteiger partial charge >= 0.3 is 0 Å². The molecular weight excluding hydrogens is 374 g/mol. The quantitative estimate of drug-likeness (QED) is 0.592. The van der Waals surface area contributed by atoms with Crippen molar-refractivity contribution in [3.63, 3.8) is 0 Å². The summed E-state index contributed by atoms with van der Waals surface area (Å²) in [5.74, 6) is 1.28. The van der Waals surface area contributed by atoms with Crippen molar-refractivity contribution in [3.8, 4) is 5.75 Å². The Hall–Kier alpha value is -2.79. The lowest BCUT2D eigenvalue weighted by molar-refractivity contribution is -0.126. The molecule has 1 fully saturated rings. The number of nitrogens with one attached hydrogen (secondary N) is 2. The summed E-state index contributed by atoms with van der Waals surface area (Å²) in [6, 6.07) is 16.5. The van der Waals surface area contributed by atoms with Gasteiger partial charge in [-0.15, -0.1) is 0 Å². The average Bonchev–Trinajstić information content (AvgIpc) is 3.19. The van der Waals surface area contributed by atoms with E-state index in [2.05, 4.69) is 51.7 Å². The molecule has 158 valence electrons. The molecule has 0 radical (unpaired) electrons. The summed E-state index contributed by atoms with van der Waals surface area (Å²) in [6.07, 6.45) is 4.73. The van der Waals surface area contributed by atoms with Crippen molar-refractivity contribution in [2.45, 2.75) is 32.7 Å². The standard InChI is InChI=1S/C25H31N3O2/c1-2-30-24-10-6-3-7-21(24)18-28-15-12-19(13-16-28)25(29)26-14-11-20-17-27-23-9-5-4-8-22(20)23/h3-10,17,19,27H,2,11-16,18H2,1H3,(H,26,29). The fourth-order valence-electron chi connectivity index (χ4n) is 4.33. The minimum atomic E-state index is 0.117. The zero-order chi connectivity index (χ0) is 20.8. The molecule has 5 heteroatoms. The van der Waals surface area contributed by atoms with Crippen molar-refractivity contribution >= 4 is 16.8 Å². The van der Waals surface area contributed by atoms with Crippen molar-refractivity contribution in [3.05, 3.63) is 65.9 Å². The topological polar surface area (TPSA) is 57.4 Å². The van der Waals surface area contributed by atoms with Crippen LogP contribution in [0.15, 0.2) is 54.7 Å². The van der Waals surface area contributed by atoms with Crippen molar-refractivity contribution < 1.29 is 9.53 Å². The number of aromatic amines is 1. The molecule has 0 spiro atoms. The zero-order valence-electron chi connectivity index (χ0n) is 17.7. The van der Waals surface area contributed by atoms with Crippen molar-refractivity contribution in [1.29, 1.82) is 0 Å². The van der Waals surface area contributed by atoms with E-state index in [9.17, 15) is 4.79 Å². The molecule has 0 aliphatic carbocycles. The molecule has 1 saturated heterocycles. The highest BCUT2D eigenvalue weighted by Crippen LogP contribution is 2.24. The first-order valence-electron chi connectivity index (χ1n) is 11.0. The number of benzene rings is 2. The van der Waals surface area contributed by atoms with E-state index in [0.29, 0.717) is 13.2 Å². The van der Waals surface area contributed by atoms with Crippen molar-refractivity contribution in [2.24, 2.45) is 5.92 Å². The van der Waals surface area contributed by atoms with Gasteiger partial charge in [0, 0.05) is 41.7 Å². The van der Waals surface area contributed by atoms with Gasteiger partial charge in [0.05, 0.1) is 6.61 Å². The Balaban J connectivity index is 1.23. The number of likely N-dealkylation sites (tertiary alicyclic amines) is 1. The van der Waals surface area contributed by atoms with Crippen LogP contribution >= 0.6 is 0 Å². The van der Waals surface area contributed by atoms with Crippen molar-refractivity contribution in [2.75, 3.05) is 26.2 Å². The molecule has 1 aliphatic heterocycles. The van der Waals surface area contributed by atoms with Crippen LogP contribution in [0.25, 0.3) is 10.9 Å². The zero-order valence-corrected chi connectivity index (χ0v) is 17.7. The Labute approximate surface area is 178 Å². The van der Waals surface area contributed by atoms with Gasteiger partial charge in [-0.05, 0) is 57.0 Å². The van der Waals surface area contributed by atoms with Crippen LogP contribution in [0.1, 0.15) is 30.9 Å². The fraction of sp³-hybridized carbons (Fsp3) is 0.400. The third kappa shape index (κ3) is 4.85. The molecule has 2 N–H and O–H groups in total. The van der Waals surface area contributed by atoms with Gasteiger partial charge < -0.3 is 15.0 Å². The molecule has 0 atom stereocenters. The van der Waals surface area contributed by atoms with Gasteiger partial charge in [-0.1, -0.05) is 36.4 Å². The third-order valence-electron chi connectivity index (χ3n) is 5.99. The Bertz CT molecular complexity index is 973. The lowest BCUT2D eigenvalue weighted by Gasteiger charge is -2.31. The Kier molecular flexibility index (Phi) is 6.70. The van der Waals surface area contributed by atoms with Crippen LogP contribution in [0.4, 0.5) is 0 Å². The molecular formula is C25H31N3O2. The van der Waals surface area contributed by atoms with Crippen LogP contribution in [0.5, 0.6) is 5.75 Å². The molecule has 3 aromatic rings. The predicted molar refractivity (Wildman–Crippen MR) is 121 cm³/mol. The smallest absolute Gasteiger partial charge is 0.223 e. The van der Waals surface area contributed by atoms with Crippen LogP contribution in [-0.4, -0.2) is 42.0 Å². The van der Waals surface area contributed by atoms with E-state index in [1.165, 1.54) is 16.5 Å². The number of ether oxygens (including phenoxy) is 1. The van der Waals surface area contributed by atoms with Crippen LogP contribution < -0.4 is 10.1 Å². The summed E-state index contributed by atoms with van der Waals surface area (Å²) in [7, 11) is 0. The van der Waals surface area contributed by atoms with Gasteiger partial charge in [0.25, 0.3) is 0 Å². The number of hydrogen-bond donors (Lipinski definition) is 2. The van der Waals surface area contributed by atoms with E-state index < -0.39 is 0 Å². The number of para-hydroxylation sites is 2. The van der Waals surface area contributed by atoms with E-state index >= 15 is 0 Å². The molecule has 5 nitrogen and oxygen atoms in total. The first-order valence-corrected chi connectivity index (χ1v) is 11.0. The summed E-state index contributed by atoms with van der Waals surface area (Å²) in [5, 5.41) is 4.40. The summed E-state index contributed by atoms with van der Waals surface area (Å²) in [4.78, 5) is 18.4. The monoisotopic (exact) mass is 405 g/mol. The second kappa shape index (κ2) is 9.81. The van der Waals surface area contributed by atoms with Crippen LogP contribution in [0.2, 0.25) is 0 Å². The molecule has 30 heavy (non-hydrogen) atoms. The highest BCUT2D eigenvalue weighted by atomic mass is 16.5. The van der Waals surface area contributed by atoms with E-state index in [0.717, 1.165) is 50.2 Å². The van der Waals surface area contributed by atoms with Gasteiger partial charge in [-0.3, -0.25) is 9.69 Å². The minimum absolute atomic E-state index is 0.117. The first-order chi connectivity index (χ1) is 14.7. The number of piperidine rings is 1. The second-order valence-electron chi connectivity index (χ2n) is 7.99. The van der Waals surface area contributed by atoms with Gasteiger partial charge in [-0.2, -0.15) is 0 Å². The van der Waals surface area contributed by atoms with Crippen LogP contribution in [0, 0.1) is 5.92 Å². The maximum atomic E-state index is 12.6. The fourth-order valence-corrected chi connectivity index (χ4v) is 4.33. The molecule has 0 saturated carbocycles. The molecule has 1 amide bonds. The molecule has 1 aromatic heterocycles. The summed E-state index contributed by atoms with van der Waals surface area (Å²) in [5.41, 5.74) is 3.63. The Morgan fingerprint density at radius 2 is 1.87 bits per heavy atom. The van der Waals surface area contributed by atoms with Gasteiger partial charge in [0.15, 0.2) is 0 Å². The number of aromatic nitrogens is 1. The van der Waals surface area contributed by atoms with E-state index in [1.54, 1.807) is 0 Å². The number of carbonyl (C=O) groups is 1. The summed E-state index contributed by atoms with van der Waals surface area (Å²) in [6.45, 7) is 6.15. The SMILES string of the molecule is CCOc1ccccc1CN1CCC(C(=O)NCCc2c[nH]c3ccccc23)CC1. The summed E-state index contributed by atoms with van der Waals surface area (Å²) >= 11 is 0. The number of hydrogen-bond acceptors (Lipinski definition) is 3. The number of fused-ring (bicyclic) bond motifs is 1. The highest BCUT2D eigenvalue weighted by Gasteiger charge is 2.25. The molecule has 2 heterocycles. The molecule has 2 aromatic carbocycles. The van der Waals surface area contributed by atoms with Gasteiger partial charge in [0.2, 0.25) is 5.91 Å². The Morgan fingerprint density at radius 3 is 2.70 bits per heavy atom. The van der Waals surface area contributed by atoms with Crippen molar-refractivity contribution in [1.82, 2.24) is 15.2 Å². The highest BCUT2D eigenvalue weighted by molar-refractivity contribution is 5.83. The number of rotatable bonds is 8. The summed E-state index contributed by atoms with van der Waals surface area (Å²) < 4.78 is 5.75. The third-order valence-corrected chi connectivity index (χ3v) is 5.99. The molecule has 0 bridgehead atoms. The lowest BCUT2D eigenvalue weighted by Crippen LogP contribution is -2.40. The van der Waals surface area contributed by atoms with E-state index in [-0.39, 0.29) is 11.8 Å². The molecule has 0 unspecified atom stereocenters. The maximum Gasteiger partial charge on any atom is 0.223 e. The number of carbonyl (C=O) groups excluding carboxylic acids is 1. The second-order valence-corrected chi connectivity index (χ2v) is 7.99. The Morgan fingerprint density at radius 1 is 1.10 bits per heavy atom. The largest absolute Gasteiger partial charge is 0.494 e. The normalized spacial score (nSPS) is 15.4. The van der Waals surface area contributed by atoms with Crippen LogP contribution in [0.3, 0.4) is 0 Å². The maximum absolute atomic E-state index is 12.6. The van der Waals surface area contributed by atoms with E-state index in [1.807, 2.05) is 25.1 Å². The average molecular weight is 406 g/mol. The van der Waals surface area contributed by atoms with Crippen LogP contribution in [-0.2, 0) is 17.8 Å². The molecule has 1 aliphatic rings. The van der Waals surface area contributed by atoms with Gasteiger partial charge in [0.1, 0.15) is 5.75 Å². The van der Waals surface area contributed by atoms with E-state index in [4.69, 9.17) is 4.74 Å². The number of amides is 1. The number of nitrogens with zero attached hydrogens (tertiary/aromatic N) is 1. The predicted octanol–water partition coefficient (Wildman–Crippen LogP) is 4.14. The minimum Gasteiger partial charge on any atom is -0.494 e.